The molecule has 0 radical (unpaired) electrons. The van der Waals surface area contributed by atoms with Gasteiger partial charge in [-0.25, -0.2) is 4.79 Å². The first kappa shape index (κ1) is 25.2. The van der Waals surface area contributed by atoms with E-state index in [9.17, 15) is 24.3 Å². The Morgan fingerprint density at radius 1 is 0.743 bits per heavy atom. The largest absolute Gasteiger partial charge is 0.508 e. The molecular formula is C27H26N2O6. The van der Waals surface area contributed by atoms with Gasteiger partial charge in [0.05, 0.1) is 6.04 Å². The van der Waals surface area contributed by atoms with Crippen molar-refractivity contribution in [3.8, 4) is 5.75 Å². The fraction of sp³-hybridized carbons (Fsp3) is 0.185. The van der Waals surface area contributed by atoms with Crippen LogP contribution >= 0.6 is 0 Å². The van der Waals surface area contributed by atoms with Crippen LogP contribution in [0, 0.1) is 0 Å². The molecule has 3 aromatic rings. The van der Waals surface area contributed by atoms with E-state index in [4.69, 9.17) is 4.74 Å². The zero-order valence-electron chi connectivity index (χ0n) is 18.9. The highest BCUT2D eigenvalue weighted by atomic mass is 16.5. The van der Waals surface area contributed by atoms with E-state index in [1.165, 1.54) is 12.1 Å². The van der Waals surface area contributed by atoms with E-state index in [0.29, 0.717) is 5.56 Å². The SMILES string of the molecule is O=CC(=O)[C@@H](Cc1ccc(O)cc1)NC(=O)[C@@H](Cc1ccccc1)NC(=O)OCc1ccccc1. The van der Waals surface area contributed by atoms with Gasteiger partial charge in [-0.05, 0) is 28.8 Å². The summed E-state index contributed by atoms with van der Waals surface area (Å²) >= 11 is 0. The van der Waals surface area contributed by atoms with Crippen LogP contribution in [0.1, 0.15) is 16.7 Å². The summed E-state index contributed by atoms with van der Waals surface area (Å²) in [4.78, 5) is 49.0. The van der Waals surface area contributed by atoms with Crippen molar-refractivity contribution in [2.75, 3.05) is 0 Å². The molecule has 0 aromatic heterocycles. The minimum atomic E-state index is -1.13. The molecule has 0 saturated carbocycles. The molecule has 8 heteroatoms. The van der Waals surface area contributed by atoms with Crippen LogP contribution in [0.15, 0.2) is 84.9 Å². The molecule has 0 aliphatic carbocycles. The number of phenols is 1. The molecule has 0 spiro atoms. The molecule has 0 aliphatic rings. The monoisotopic (exact) mass is 474 g/mol. The van der Waals surface area contributed by atoms with Gasteiger partial charge in [0.2, 0.25) is 11.7 Å². The molecule has 0 fully saturated rings. The fourth-order valence-electron chi connectivity index (χ4n) is 3.41. The van der Waals surface area contributed by atoms with Crippen molar-refractivity contribution in [3.05, 3.63) is 102 Å². The molecule has 35 heavy (non-hydrogen) atoms. The van der Waals surface area contributed by atoms with E-state index < -0.39 is 29.9 Å². The van der Waals surface area contributed by atoms with Crippen LogP contribution in [0.25, 0.3) is 0 Å². The summed E-state index contributed by atoms with van der Waals surface area (Å²) in [5, 5.41) is 14.6. The van der Waals surface area contributed by atoms with Crippen molar-refractivity contribution >= 4 is 24.1 Å². The van der Waals surface area contributed by atoms with E-state index in [0.717, 1.165) is 11.1 Å². The quantitative estimate of drug-likeness (QED) is 0.290. The number of ether oxygens (including phenoxy) is 1. The summed E-state index contributed by atoms with van der Waals surface area (Å²) in [5.41, 5.74) is 2.21. The normalized spacial score (nSPS) is 12.1. The number of aldehydes is 1. The second-order valence-electron chi connectivity index (χ2n) is 7.90. The van der Waals surface area contributed by atoms with Gasteiger partial charge in [0.15, 0.2) is 6.29 Å². The second-order valence-corrected chi connectivity index (χ2v) is 7.90. The van der Waals surface area contributed by atoms with Gasteiger partial charge in [0.1, 0.15) is 18.4 Å². The van der Waals surface area contributed by atoms with Gasteiger partial charge >= 0.3 is 6.09 Å². The molecule has 2 atom stereocenters. The summed E-state index contributed by atoms with van der Waals surface area (Å²) in [6.07, 6.45) is -0.449. The van der Waals surface area contributed by atoms with E-state index in [-0.39, 0.29) is 31.5 Å². The maximum Gasteiger partial charge on any atom is 0.408 e. The maximum absolute atomic E-state index is 13.1. The predicted octanol–water partition coefficient (Wildman–Crippen LogP) is 2.73. The Bertz CT molecular complexity index is 1130. The predicted molar refractivity (Wildman–Crippen MR) is 129 cm³/mol. The van der Waals surface area contributed by atoms with Crippen molar-refractivity contribution in [3.63, 3.8) is 0 Å². The smallest absolute Gasteiger partial charge is 0.408 e. The Morgan fingerprint density at radius 3 is 1.89 bits per heavy atom. The first-order valence-corrected chi connectivity index (χ1v) is 11.0. The lowest BCUT2D eigenvalue weighted by Gasteiger charge is -2.22. The molecule has 0 saturated heterocycles. The van der Waals surface area contributed by atoms with Gasteiger partial charge in [-0.15, -0.1) is 0 Å². The van der Waals surface area contributed by atoms with Crippen LogP contribution in [-0.2, 0) is 38.6 Å². The number of ketones is 1. The number of phenolic OH excluding ortho intramolecular Hbond substituents is 1. The van der Waals surface area contributed by atoms with Gasteiger partial charge in [-0.2, -0.15) is 0 Å². The number of aromatic hydroxyl groups is 1. The number of carbonyl (C=O) groups is 4. The minimum Gasteiger partial charge on any atom is -0.508 e. The van der Waals surface area contributed by atoms with Gasteiger partial charge < -0.3 is 20.5 Å². The third-order valence-electron chi connectivity index (χ3n) is 5.26. The average Bonchev–Trinajstić information content (AvgIpc) is 2.88. The molecular weight excluding hydrogens is 448 g/mol. The first-order chi connectivity index (χ1) is 16.9. The number of benzene rings is 3. The number of Topliss-reactive ketones (excluding diaryl/α,β-unsaturated/α-hetero) is 1. The second kappa shape index (κ2) is 12.7. The highest BCUT2D eigenvalue weighted by molar-refractivity contribution is 6.28. The Balaban J connectivity index is 1.71. The van der Waals surface area contributed by atoms with Crippen molar-refractivity contribution < 1.29 is 29.0 Å². The summed E-state index contributed by atoms with van der Waals surface area (Å²) in [6, 6.07) is 22.0. The van der Waals surface area contributed by atoms with Crippen molar-refractivity contribution in [2.45, 2.75) is 31.5 Å². The maximum atomic E-state index is 13.1. The third kappa shape index (κ3) is 8.12. The summed E-state index contributed by atoms with van der Waals surface area (Å²) in [6.45, 7) is 0.0272. The Kier molecular flexibility index (Phi) is 9.13. The topological polar surface area (TPSA) is 122 Å². The number of hydrogen-bond donors (Lipinski definition) is 3. The first-order valence-electron chi connectivity index (χ1n) is 11.0. The van der Waals surface area contributed by atoms with E-state index in [1.807, 2.05) is 48.5 Å². The van der Waals surface area contributed by atoms with Gasteiger partial charge in [-0.1, -0.05) is 72.8 Å². The molecule has 2 amide bonds. The van der Waals surface area contributed by atoms with Gasteiger partial charge in [0.25, 0.3) is 0 Å². The van der Waals surface area contributed by atoms with E-state index >= 15 is 0 Å². The zero-order valence-corrected chi connectivity index (χ0v) is 18.9. The molecule has 8 nitrogen and oxygen atoms in total. The molecule has 0 bridgehead atoms. The van der Waals surface area contributed by atoms with Crippen LogP contribution in [-0.4, -0.2) is 41.3 Å². The van der Waals surface area contributed by atoms with Crippen LogP contribution < -0.4 is 10.6 Å². The van der Waals surface area contributed by atoms with Crippen LogP contribution in [0.2, 0.25) is 0 Å². The molecule has 180 valence electrons. The van der Waals surface area contributed by atoms with Crippen LogP contribution in [0.3, 0.4) is 0 Å². The standard InChI is InChI=1S/C27H26N2O6/c30-17-25(32)23(15-20-11-13-22(31)14-12-20)28-26(33)24(16-19-7-3-1-4-8-19)29-27(34)35-18-21-9-5-2-6-10-21/h1-14,17,23-24,31H,15-16,18H2,(H,28,33)(H,29,34)/t23-,24-/m1/s1. The summed E-state index contributed by atoms with van der Waals surface area (Å²) < 4.78 is 5.25. The molecule has 3 N–H and O–H groups in total. The van der Waals surface area contributed by atoms with Crippen LogP contribution in [0.5, 0.6) is 5.75 Å². The molecule has 0 heterocycles. The number of amides is 2. The zero-order chi connectivity index (χ0) is 25.0. The Hall–Kier alpha value is -4.46. The highest BCUT2D eigenvalue weighted by Crippen LogP contribution is 2.12. The van der Waals surface area contributed by atoms with Gasteiger partial charge in [0, 0.05) is 12.8 Å². The van der Waals surface area contributed by atoms with Crippen molar-refractivity contribution in [2.24, 2.45) is 0 Å². The third-order valence-corrected chi connectivity index (χ3v) is 5.26. The number of alkyl carbamates (subject to hydrolysis) is 1. The molecule has 0 unspecified atom stereocenters. The fourth-order valence-corrected chi connectivity index (χ4v) is 3.41. The molecule has 0 aliphatic heterocycles. The van der Waals surface area contributed by atoms with Crippen molar-refractivity contribution in [1.29, 1.82) is 0 Å². The highest BCUT2D eigenvalue weighted by Gasteiger charge is 2.27. The lowest BCUT2D eigenvalue weighted by atomic mass is 10.0. The van der Waals surface area contributed by atoms with Gasteiger partial charge in [-0.3, -0.25) is 14.4 Å². The average molecular weight is 475 g/mol. The Morgan fingerprint density at radius 2 is 1.29 bits per heavy atom. The summed E-state index contributed by atoms with van der Waals surface area (Å²) in [7, 11) is 0. The lowest BCUT2D eigenvalue weighted by molar-refractivity contribution is -0.133. The number of rotatable bonds is 11. The number of nitrogens with one attached hydrogen (secondary N) is 2. The number of hydrogen-bond acceptors (Lipinski definition) is 6. The molecule has 3 rings (SSSR count). The van der Waals surface area contributed by atoms with E-state index in [1.54, 1.807) is 24.3 Å². The summed E-state index contributed by atoms with van der Waals surface area (Å²) in [5.74, 6) is -1.39. The minimum absolute atomic E-state index is 0.0272. The van der Waals surface area contributed by atoms with Crippen molar-refractivity contribution in [1.82, 2.24) is 10.6 Å². The Labute approximate surface area is 202 Å². The lowest BCUT2D eigenvalue weighted by Crippen LogP contribution is -2.53. The molecule has 3 aromatic carbocycles. The van der Waals surface area contributed by atoms with Crippen LogP contribution in [0.4, 0.5) is 4.79 Å². The number of carbonyl (C=O) groups excluding carboxylic acids is 4. The van der Waals surface area contributed by atoms with E-state index in [2.05, 4.69) is 10.6 Å².